The smallest absolute Gasteiger partial charge is 0.254 e. The fourth-order valence-corrected chi connectivity index (χ4v) is 5.37. The number of aromatic amines is 1. The first-order chi connectivity index (χ1) is 21.7. The number of phenolic OH excluding ortho intramolecular Hbond substituents is 2. The zero-order chi connectivity index (χ0) is 30.1. The fraction of sp³-hybridized carbons (Fsp3) is 0.312. The normalized spacial score (nSPS) is 13.8. The number of nitrogens with one attached hydrogen (secondary N) is 1. The second-order valence-electron chi connectivity index (χ2n) is 10.5. The third-order valence-corrected chi connectivity index (χ3v) is 7.62. The average molecular weight is 603 g/mol. The van der Waals surface area contributed by atoms with Gasteiger partial charge in [-0.05, 0) is 37.1 Å². The molecule has 0 bridgehead atoms. The summed E-state index contributed by atoms with van der Waals surface area (Å²) in [5.74, 6) is 2.70. The maximum Gasteiger partial charge on any atom is 0.254 e. The van der Waals surface area contributed by atoms with Gasteiger partial charge < -0.3 is 39.0 Å². The predicted octanol–water partition coefficient (Wildman–Crippen LogP) is 3.44. The number of H-pyrrole nitrogens is 1. The molecule has 0 fully saturated rings. The highest BCUT2D eigenvalue weighted by atomic mass is 16.7. The van der Waals surface area contributed by atoms with Crippen LogP contribution in [-0.2, 0) is 45.0 Å². The van der Waals surface area contributed by atoms with E-state index in [1.54, 1.807) is 36.8 Å². The van der Waals surface area contributed by atoms with E-state index in [1.807, 2.05) is 46.5 Å². The van der Waals surface area contributed by atoms with Crippen LogP contribution in [0.1, 0.15) is 18.7 Å². The molecule has 4 aromatic rings. The molecule has 0 unspecified atom stereocenters. The Morgan fingerprint density at radius 2 is 1.45 bits per heavy atom. The van der Waals surface area contributed by atoms with Crippen molar-refractivity contribution in [3.05, 3.63) is 110 Å². The van der Waals surface area contributed by atoms with Crippen LogP contribution in [-0.4, -0.2) is 46.4 Å². The van der Waals surface area contributed by atoms with Crippen molar-refractivity contribution >= 4 is 11.4 Å². The topological polar surface area (TPSA) is 112 Å². The first-order valence-corrected chi connectivity index (χ1v) is 14.8. The van der Waals surface area contributed by atoms with E-state index in [2.05, 4.69) is 37.4 Å². The third kappa shape index (κ3) is 6.86. The van der Waals surface area contributed by atoms with Crippen LogP contribution in [0, 0.1) is 0 Å². The number of phenols is 2. The number of para-hydroxylation sites is 4. The first kappa shape index (κ1) is 28.8. The van der Waals surface area contributed by atoms with Crippen molar-refractivity contribution in [1.29, 1.82) is 0 Å². The van der Waals surface area contributed by atoms with Crippen molar-refractivity contribution in [2.24, 2.45) is 0 Å². The number of anilines is 2. The Balaban J connectivity index is 0.988. The number of ether oxygens (including phenoxy) is 4. The Bertz CT molecular complexity index is 1600. The number of aromatic nitrogens is 4. The number of rotatable bonds is 15. The molecule has 12 nitrogen and oxygen atoms in total. The Morgan fingerprint density at radius 1 is 0.795 bits per heavy atom. The molecule has 0 atom stereocenters. The van der Waals surface area contributed by atoms with Gasteiger partial charge in [-0.25, -0.2) is 18.7 Å². The van der Waals surface area contributed by atoms with Crippen LogP contribution in [0.4, 0.5) is 11.4 Å². The molecule has 2 aliphatic rings. The molecule has 44 heavy (non-hydrogen) atoms. The molecule has 6 rings (SSSR count). The lowest BCUT2D eigenvalue weighted by atomic mass is 10.2. The summed E-state index contributed by atoms with van der Waals surface area (Å²) in [5, 5.41) is 20.8. The third-order valence-electron chi connectivity index (χ3n) is 7.62. The quantitative estimate of drug-likeness (QED) is 0.140. The molecule has 3 N–H and O–H groups in total. The molecule has 2 aromatic carbocycles. The summed E-state index contributed by atoms with van der Waals surface area (Å²) in [6.45, 7) is 3.86. The molecule has 4 heterocycles. The molecule has 12 heteroatoms. The second kappa shape index (κ2) is 13.8. The number of benzene rings is 2. The summed E-state index contributed by atoms with van der Waals surface area (Å²) in [4.78, 5) is 7.24. The molecule has 0 spiro atoms. The van der Waals surface area contributed by atoms with Gasteiger partial charge in [0.2, 0.25) is 31.7 Å². The van der Waals surface area contributed by atoms with E-state index in [0.717, 1.165) is 31.6 Å². The van der Waals surface area contributed by atoms with Gasteiger partial charge in [0.1, 0.15) is 61.9 Å². The zero-order valence-electron chi connectivity index (χ0n) is 24.5. The van der Waals surface area contributed by atoms with Crippen LogP contribution in [0.2, 0.25) is 0 Å². The lowest BCUT2D eigenvalue weighted by Crippen LogP contribution is -2.42. The lowest BCUT2D eigenvalue weighted by Gasteiger charge is -2.23. The van der Waals surface area contributed by atoms with E-state index in [0.29, 0.717) is 49.3 Å². The number of unbranched alkanes of at least 4 members (excludes halogenated alkanes) is 1. The van der Waals surface area contributed by atoms with Crippen molar-refractivity contribution in [3.63, 3.8) is 0 Å². The van der Waals surface area contributed by atoms with Gasteiger partial charge in [0.15, 0.2) is 0 Å². The maximum atomic E-state index is 10.4. The van der Waals surface area contributed by atoms with E-state index in [-0.39, 0.29) is 25.1 Å². The van der Waals surface area contributed by atoms with Gasteiger partial charge in [-0.3, -0.25) is 0 Å². The largest absolute Gasteiger partial charge is 0.506 e. The van der Waals surface area contributed by atoms with Gasteiger partial charge in [0.05, 0.1) is 31.0 Å². The second-order valence-corrected chi connectivity index (χ2v) is 10.5. The Labute approximate surface area is 255 Å². The van der Waals surface area contributed by atoms with Crippen molar-refractivity contribution < 1.29 is 38.3 Å². The van der Waals surface area contributed by atoms with Gasteiger partial charge in [0.25, 0.3) is 5.82 Å². The van der Waals surface area contributed by atoms with E-state index in [9.17, 15) is 10.2 Å². The minimum absolute atomic E-state index is 0.169. The predicted molar refractivity (Wildman–Crippen MR) is 160 cm³/mol. The summed E-state index contributed by atoms with van der Waals surface area (Å²) in [7, 11) is 0. The molecule has 230 valence electrons. The number of hydrogen-bond donors (Lipinski definition) is 3. The SMILES string of the molecule is Oc1ccccc1N(CCn1cc[n+](CCCCc2[nH]cc[n+]2CCN(C2=COCO2)c2ccccc2O)c1)C1=COCO1. The molecule has 0 saturated heterocycles. The fourth-order valence-electron chi connectivity index (χ4n) is 5.37. The highest BCUT2D eigenvalue weighted by Crippen LogP contribution is 2.32. The van der Waals surface area contributed by atoms with E-state index >= 15 is 0 Å². The summed E-state index contributed by atoms with van der Waals surface area (Å²) in [5.41, 5.74) is 1.35. The van der Waals surface area contributed by atoms with Gasteiger partial charge in [-0.2, -0.15) is 0 Å². The Hall–Kier alpha value is -5.26. The van der Waals surface area contributed by atoms with Crippen LogP contribution in [0.25, 0.3) is 0 Å². The number of hydrogen-bond acceptors (Lipinski definition) is 8. The first-order valence-electron chi connectivity index (χ1n) is 14.8. The number of aromatic hydroxyl groups is 2. The molecule has 0 amide bonds. The number of imidazole rings is 2. The minimum atomic E-state index is 0.169. The highest BCUT2D eigenvalue weighted by molar-refractivity contribution is 5.61. The van der Waals surface area contributed by atoms with Gasteiger partial charge in [-0.1, -0.05) is 24.3 Å². The Morgan fingerprint density at radius 3 is 2.09 bits per heavy atom. The molecular weight excluding hydrogens is 564 g/mol. The summed E-state index contributed by atoms with van der Waals surface area (Å²) in [6, 6.07) is 14.5. The van der Waals surface area contributed by atoms with Crippen LogP contribution in [0.3, 0.4) is 0 Å². The van der Waals surface area contributed by atoms with Crippen molar-refractivity contribution in [2.45, 2.75) is 38.9 Å². The van der Waals surface area contributed by atoms with Gasteiger partial charge in [0, 0.05) is 6.42 Å². The standard InChI is InChI=1S/C32H36N6O6/c39-28-9-3-1-7-26(28)37(31-21-41-24-43-31)19-17-35-16-15-34(23-35)13-6-5-11-30-33-12-14-36(30)18-20-38(32-22-42-25-44-32)27-8-2-4-10-29(27)40/h1-4,7-10,12,14-16,21-23H,5-6,11,13,17-20,24-25H2,(H-,39,40)/p+2. The van der Waals surface area contributed by atoms with E-state index in [1.165, 1.54) is 0 Å². The summed E-state index contributed by atoms with van der Waals surface area (Å²) in [6.07, 6.45) is 16.4. The van der Waals surface area contributed by atoms with Crippen LogP contribution in [0.15, 0.2) is 104 Å². The molecule has 2 aliphatic heterocycles. The average Bonchev–Trinajstić information content (AvgIpc) is 3.87. The Kier molecular flexibility index (Phi) is 9.05. The molecule has 0 saturated carbocycles. The van der Waals surface area contributed by atoms with Crippen LogP contribution >= 0.6 is 0 Å². The number of nitrogens with zero attached hydrogens (tertiary/aromatic N) is 5. The molecule has 2 aromatic heterocycles. The lowest BCUT2D eigenvalue weighted by molar-refractivity contribution is -0.701. The van der Waals surface area contributed by atoms with Crippen LogP contribution in [0.5, 0.6) is 11.5 Å². The van der Waals surface area contributed by atoms with Crippen molar-refractivity contribution in [3.8, 4) is 11.5 Å². The zero-order valence-corrected chi connectivity index (χ0v) is 24.5. The summed E-state index contributed by atoms with van der Waals surface area (Å²) >= 11 is 0. The van der Waals surface area contributed by atoms with E-state index in [4.69, 9.17) is 18.9 Å². The highest BCUT2D eigenvalue weighted by Gasteiger charge is 2.23. The van der Waals surface area contributed by atoms with Crippen molar-refractivity contribution in [2.75, 3.05) is 36.5 Å². The summed E-state index contributed by atoms with van der Waals surface area (Å²) < 4.78 is 28.3. The monoisotopic (exact) mass is 602 g/mol. The van der Waals surface area contributed by atoms with Gasteiger partial charge in [-0.15, -0.1) is 0 Å². The van der Waals surface area contributed by atoms with E-state index < -0.39 is 0 Å². The maximum absolute atomic E-state index is 10.4. The number of aryl methyl sites for hydroxylation is 2. The van der Waals surface area contributed by atoms with Crippen LogP contribution < -0.4 is 18.9 Å². The molecule has 0 radical (unpaired) electrons. The minimum Gasteiger partial charge on any atom is -0.506 e. The molecular formula is C32H38N6O6+2. The van der Waals surface area contributed by atoms with Crippen molar-refractivity contribution in [1.82, 2.24) is 9.55 Å². The molecule has 0 aliphatic carbocycles. The van der Waals surface area contributed by atoms with Gasteiger partial charge >= 0.3 is 0 Å².